The summed E-state index contributed by atoms with van der Waals surface area (Å²) in [6.07, 6.45) is 0. The number of aromatic nitrogens is 2. The summed E-state index contributed by atoms with van der Waals surface area (Å²) in [4.78, 5) is 19.3. The SMILES string of the molecule is Cc1nc2cc(Nc3ccccc3)c(Nc3ccccc3)cc2nc1[N+](=O)[O-]. The predicted octanol–water partition coefficient (Wildman–Crippen LogP) is 5.33. The lowest BCUT2D eigenvalue weighted by Crippen LogP contribution is -2.02. The van der Waals surface area contributed by atoms with Crippen molar-refractivity contribution in [1.82, 2.24) is 9.97 Å². The molecule has 0 amide bonds. The number of hydrogen-bond acceptors (Lipinski definition) is 6. The largest absolute Gasteiger partial charge is 0.385 e. The van der Waals surface area contributed by atoms with Crippen molar-refractivity contribution in [2.75, 3.05) is 10.6 Å². The van der Waals surface area contributed by atoms with Gasteiger partial charge in [-0.15, -0.1) is 0 Å². The van der Waals surface area contributed by atoms with E-state index in [1.165, 1.54) is 0 Å². The molecule has 7 nitrogen and oxygen atoms in total. The third-order valence-corrected chi connectivity index (χ3v) is 4.23. The van der Waals surface area contributed by atoms with Gasteiger partial charge in [0.05, 0.1) is 11.4 Å². The zero-order chi connectivity index (χ0) is 19.5. The lowest BCUT2D eigenvalue weighted by Gasteiger charge is -2.14. The van der Waals surface area contributed by atoms with Crippen LogP contribution in [0, 0.1) is 17.0 Å². The number of benzene rings is 3. The van der Waals surface area contributed by atoms with Crippen LogP contribution < -0.4 is 10.6 Å². The van der Waals surface area contributed by atoms with Gasteiger partial charge in [0.25, 0.3) is 0 Å². The van der Waals surface area contributed by atoms with Crippen LogP contribution in [0.4, 0.5) is 28.6 Å². The van der Waals surface area contributed by atoms with Crippen LogP contribution in [-0.4, -0.2) is 14.9 Å². The fourth-order valence-electron chi connectivity index (χ4n) is 2.92. The molecule has 1 heterocycles. The molecular formula is C21H17N5O2. The molecule has 2 N–H and O–H groups in total. The molecule has 0 spiro atoms. The zero-order valence-electron chi connectivity index (χ0n) is 15.1. The Kier molecular flexibility index (Phi) is 4.55. The van der Waals surface area contributed by atoms with Crippen molar-refractivity contribution < 1.29 is 4.92 Å². The van der Waals surface area contributed by atoms with E-state index in [4.69, 9.17) is 0 Å². The summed E-state index contributed by atoms with van der Waals surface area (Å²) in [6, 6.07) is 23.1. The lowest BCUT2D eigenvalue weighted by atomic mass is 10.2. The van der Waals surface area contributed by atoms with Crippen LogP contribution in [0.3, 0.4) is 0 Å². The molecule has 0 aliphatic rings. The van der Waals surface area contributed by atoms with Crippen molar-refractivity contribution in [3.8, 4) is 0 Å². The second-order valence-corrected chi connectivity index (χ2v) is 6.26. The highest BCUT2D eigenvalue weighted by atomic mass is 16.6. The average molecular weight is 371 g/mol. The van der Waals surface area contributed by atoms with E-state index in [9.17, 15) is 10.1 Å². The second kappa shape index (κ2) is 7.32. The number of aryl methyl sites for hydroxylation is 1. The highest BCUT2D eigenvalue weighted by Gasteiger charge is 2.18. The molecule has 4 rings (SSSR count). The van der Waals surface area contributed by atoms with Gasteiger partial charge in [0.1, 0.15) is 11.2 Å². The number of nitro groups is 1. The van der Waals surface area contributed by atoms with E-state index >= 15 is 0 Å². The molecule has 4 aromatic rings. The van der Waals surface area contributed by atoms with Gasteiger partial charge in [0, 0.05) is 17.4 Å². The summed E-state index contributed by atoms with van der Waals surface area (Å²) in [7, 11) is 0. The molecule has 0 radical (unpaired) electrons. The maximum absolute atomic E-state index is 11.2. The topological polar surface area (TPSA) is 93.0 Å². The van der Waals surface area contributed by atoms with E-state index in [0.717, 1.165) is 22.7 Å². The predicted molar refractivity (Wildman–Crippen MR) is 110 cm³/mol. The molecule has 0 fully saturated rings. The highest BCUT2D eigenvalue weighted by Crippen LogP contribution is 2.33. The van der Waals surface area contributed by atoms with Crippen molar-refractivity contribution in [1.29, 1.82) is 0 Å². The molecule has 0 aliphatic carbocycles. The first-order chi connectivity index (χ1) is 13.6. The van der Waals surface area contributed by atoms with Crippen LogP contribution in [0.15, 0.2) is 72.8 Å². The number of para-hydroxylation sites is 2. The number of hydrogen-bond donors (Lipinski definition) is 2. The molecule has 1 aromatic heterocycles. The van der Waals surface area contributed by atoms with Crippen LogP contribution in [-0.2, 0) is 0 Å². The normalized spacial score (nSPS) is 10.6. The van der Waals surface area contributed by atoms with E-state index in [1.54, 1.807) is 13.0 Å². The molecule has 3 aromatic carbocycles. The first-order valence-corrected chi connectivity index (χ1v) is 8.71. The van der Waals surface area contributed by atoms with Crippen molar-refractivity contribution >= 4 is 39.6 Å². The lowest BCUT2D eigenvalue weighted by molar-refractivity contribution is -0.390. The van der Waals surface area contributed by atoms with Gasteiger partial charge in [-0.25, -0.2) is 4.98 Å². The Morgan fingerprint density at radius 1 is 0.786 bits per heavy atom. The van der Waals surface area contributed by atoms with Crippen LogP contribution in [0.2, 0.25) is 0 Å². The summed E-state index contributed by atoms with van der Waals surface area (Å²) in [5.41, 5.74) is 4.68. The van der Waals surface area contributed by atoms with Crippen molar-refractivity contribution in [3.63, 3.8) is 0 Å². The first-order valence-electron chi connectivity index (χ1n) is 8.71. The van der Waals surface area contributed by atoms with Crippen molar-refractivity contribution in [2.24, 2.45) is 0 Å². The Morgan fingerprint density at radius 2 is 1.25 bits per heavy atom. The maximum Gasteiger partial charge on any atom is 0.385 e. The Bertz CT molecular complexity index is 1150. The third kappa shape index (κ3) is 3.59. The molecule has 0 aliphatic heterocycles. The van der Waals surface area contributed by atoms with E-state index in [1.807, 2.05) is 66.7 Å². The quantitative estimate of drug-likeness (QED) is 0.364. The van der Waals surface area contributed by atoms with Gasteiger partial charge in [0.2, 0.25) is 5.52 Å². The summed E-state index contributed by atoms with van der Waals surface area (Å²) in [5.74, 6) is -0.234. The van der Waals surface area contributed by atoms with Gasteiger partial charge in [0.15, 0.2) is 0 Å². The van der Waals surface area contributed by atoms with Crippen LogP contribution in [0.5, 0.6) is 0 Å². The molecular weight excluding hydrogens is 354 g/mol. The monoisotopic (exact) mass is 371 g/mol. The van der Waals surface area contributed by atoms with Crippen LogP contribution >= 0.6 is 0 Å². The fraction of sp³-hybridized carbons (Fsp3) is 0.0476. The number of nitrogens with one attached hydrogen (secondary N) is 2. The zero-order valence-corrected chi connectivity index (χ0v) is 15.1. The fourth-order valence-corrected chi connectivity index (χ4v) is 2.92. The summed E-state index contributed by atoms with van der Waals surface area (Å²) < 4.78 is 0. The minimum absolute atomic E-state index is 0.234. The molecule has 7 heteroatoms. The Balaban J connectivity index is 1.84. The molecule has 0 saturated heterocycles. The minimum atomic E-state index is -0.512. The van der Waals surface area contributed by atoms with E-state index in [0.29, 0.717) is 11.0 Å². The summed E-state index contributed by atoms with van der Waals surface area (Å²) in [6.45, 7) is 1.59. The molecule has 0 saturated carbocycles. The smallest absolute Gasteiger partial charge is 0.358 e. The van der Waals surface area contributed by atoms with Gasteiger partial charge in [-0.1, -0.05) is 36.4 Å². The molecule has 0 unspecified atom stereocenters. The first kappa shape index (κ1) is 17.4. The Hall–Kier alpha value is -4.00. The number of nitrogens with zero attached hydrogens (tertiary/aromatic N) is 3. The number of rotatable bonds is 5. The average Bonchev–Trinajstić information content (AvgIpc) is 2.69. The number of fused-ring (bicyclic) bond motifs is 1. The standard InChI is InChI=1S/C21H17N5O2/c1-14-21(26(27)28)25-20-13-19(24-16-10-6-3-7-11-16)18(12-17(20)22-14)23-15-8-4-2-5-9-15/h2-13,23-24H,1H3. The Morgan fingerprint density at radius 3 is 1.71 bits per heavy atom. The summed E-state index contributed by atoms with van der Waals surface area (Å²) >= 11 is 0. The van der Waals surface area contributed by atoms with Gasteiger partial charge in [-0.05, 0) is 47.2 Å². The van der Waals surface area contributed by atoms with Crippen molar-refractivity contribution in [2.45, 2.75) is 6.92 Å². The van der Waals surface area contributed by atoms with Crippen LogP contribution in [0.25, 0.3) is 11.0 Å². The molecule has 0 atom stereocenters. The van der Waals surface area contributed by atoms with E-state index in [2.05, 4.69) is 20.6 Å². The van der Waals surface area contributed by atoms with Gasteiger partial charge in [-0.2, -0.15) is 0 Å². The van der Waals surface area contributed by atoms with Gasteiger partial charge < -0.3 is 20.7 Å². The van der Waals surface area contributed by atoms with E-state index in [-0.39, 0.29) is 11.5 Å². The second-order valence-electron chi connectivity index (χ2n) is 6.26. The van der Waals surface area contributed by atoms with Crippen molar-refractivity contribution in [3.05, 3.63) is 88.6 Å². The maximum atomic E-state index is 11.2. The van der Waals surface area contributed by atoms with E-state index < -0.39 is 4.92 Å². The molecule has 138 valence electrons. The molecule has 28 heavy (non-hydrogen) atoms. The third-order valence-electron chi connectivity index (χ3n) is 4.23. The van der Waals surface area contributed by atoms with Gasteiger partial charge >= 0.3 is 5.82 Å². The summed E-state index contributed by atoms with van der Waals surface area (Å²) in [5, 5.41) is 18.0. The van der Waals surface area contributed by atoms with Gasteiger partial charge in [-0.3, -0.25) is 0 Å². The highest BCUT2D eigenvalue weighted by molar-refractivity contribution is 5.91. The minimum Gasteiger partial charge on any atom is -0.358 e. The number of anilines is 4. The van der Waals surface area contributed by atoms with Crippen LogP contribution in [0.1, 0.15) is 5.69 Å². The molecule has 0 bridgehead atoms. The Labute approximate surface area is 161 Å².